The normalized spacial score (nSPS) is 16.9. The van der Waals surface area contributed by atoms with Crippen molar-refractivity contribution < 1.29 is 9.59 Å². The summed E-state index contributed by atoms with van der Waals surface area (Å²) in [6, 6.07) is 17.4. The quantitative estimate of drug-likeness (QED) is 0.213. The predicted octanol–water partition coefficient (Wildman–Crippen LogP) is 4.54. The molecule has 0 aliphatic carbocycles. The average Bonchev–Trinajstić information content (AvgIpc) is 3.64. The van der Waals surface area contributed by atoms with E-state index in [0.29, 0.717) is 34.1 Å². The number of para-hydroxylation sites is 1. The molecular formula is C31H35ClN8O2. The zero-order chi connectivity index (χ0) is 29.7. The molecule has 0 atom stereocenters. The number of pyridine rings is 2. The van der Waals surface area contributed by atoms with Gasteiger partial charge in [0.15, 0.2) is 11.5 Å². The van der Waals surface area contributed by atoms with E-state index < -0.39 is 0 Å². The number of carbonyl (C=O) groups is 2. The van der Waals surface area contributed by atoms with E-state index in [4.69, 9.17) is 22.1 Å². The number of aldehydes is 1. The first kappa shape index (κ1) is 29.2. The number of nitrogens with zero attached hydrogens (tertiary/aromatic N) is 7. The van der Waals surface area contributed by atoms with Crippen LogP contribution in [0.3, 0.4) is 0 Å². The number of aromatic nitrogens is 4. The molecule has 218 valence electrons. The van der Waals surface area contributed by atoms with E-state index in [-0.39, 0.29) is 6.03 Å². The van der Waals surface area contributed by atoms with Gasteiger partial charge in [-0.15, -0.1) is 0 Å². The van der Waals surface area contributed by atoms with Crippen molar-refractivity contribution in [2.75, 3.05) is 52.0 Å². The zero-order valence-corrected chi connectivity index (χ0v) is 24.5. The van der Waals surface area contributed by atoms with Crippen LogP contribution in [0.1, 0.15) is 12.8 Å². The number of amides is 2. The lowest BCUT2D eigenvalue weighted by Gasteiger charge is -2.59. The van der Waals surface area contributed by atoms with E-state index in [1.54, 1.807) is 12.3 Å². The molecule has 3 saturated heterocycles. The second-order valence-corrected chi connectivity index (χ2v) is 11.3. The molecule has 2 N–H and O–H groups in total. The fourth-order valence-corrected chi connectivity index (χ4v) is 5.99. The third-order valence-corrected chi connectivity index (χ3v) is 7.78. The van der Waals surface area contributed by atoms with Crippen molar-refractivity contribution in [3.8, 4) is 17.1 Å². The number of fused-ring (bicyclic) bond motifs is 1. The summed E-state index contributed by atoms with van der Waals surface area (Å²) in [7, 11) is 2.15. The van der Waals surface area contributed by atoms with Crippen molar-refractivity contribution in [2.24, 2.45) is 5.41 Å². The largest absolute Gasteiger partial charge is 0.383 e. The average molecular weight is 587 g/mol. The topological polar surface area (TPSA) is 113 Å². The highest BCUT2D eigenvalue weighted by molar-refractivity contribution is 6.29. The van der Waals surface area contributed by atoms with E-state index in [1.165, 1.54) is 32.0 Å². The third kappa shape index (κ3) is 6.14. The SMILES string of the molecule is C=CC=O.CN1CC2(C1)CN(C(=O)N1CCCC1)C2.Nc1ncccc1-c1nc2ccc(Cl)nc2n1-c1ccccc1. The lowest BCUT2D eigenvalue weighted by molar-refractivity contribution is -0.104. The van der Waals surface area contributed by atoms with Crippen LogP contribution in [-0.4, -0.2) is 92.9 Å². The highest BCUT2D eigenvalue weighted by Crippen LogP contribution is 2.39. The molecule has 3 aromatic heterocycles. The Bertz CT molecular complexity index is 1550. The molecule has 11 heteroatoms. The highest BCUT2D eigenvalue weighted by atomic mass is 35.5. The minimum atomic E-state index is 0.285. The minimum absolute atomic E-state index is 0.285. The van der Waals surface area contributed by atoms with Crippen LogP contribution in [0.4, 0.5) is 10.6 Å². The van der Waals surface area contributed by atoms with Gasteiger partial charge in [-0.05, 0) is 62.4 Å². The molecule has 42 heavy (non-hydrogen) atoms. The van der Waals surface area contributed by atoms with Crippen LogP contribution in [0, 0.1) is 5.41 Å². The number of rotatable bonds is 3. The van der Waals surface area contributed by atoms with Gasteiger partial charge in [-0.25, -0.2) is 19.7 Å². The van der Waals surface area contributed by atoms with Gasteiger partial charge in [-0.1, -0.05) is 36.4 Å². The van der Waals surface area contributed by atoms with Crippen molar-refractivity contribution in [2.45, 2.75) is 12.8 Å². The molecule has 7 rings (SSSR count). The molecule has 0 radical (unpaired) electrons. The second kappa shape index (κ2) is 12.7. The summed E-state index contributed by atoms with van der Waals surface area (Å²) in [5.41, 5.74) is 9.63. The summed E-state index contributed by atoms with van der Waals surface area (Å²) in [4.78, 5) is 40.7. The first-order valence-electron chi connectivity index (χ1n) is 13.9. The molecule has 1 aromatic carbocycles. The maximum atomic E-state index is 12.0. The molecule has 3 aliphatic rings. The standard InChI is InChI=1S/C17H12ClN5.C11H19N3O.C3H4O/c18-14-9-8-13-17(22-14)23(11-5-2-1-3-6-11)16(21-13)12-7-4-10-20-15(12)19;1-12-6-11(7-12)8-14(9-11)10(15)13-4-2-3-5-13;1-2-3-4/h1-10H,(H2,19,20);2-9H2,1H3;2-3H,1H2. The fourth-order valence-electron chi connectivity index (χ4n) is 5.85. The molecule has 0 unspecified atom stereocenters. The van der Waals surface area contributed by atoms with E-state index in [0.717, 1.165) is 42.9 Å². The van der Waals surface area contributed by atoms with Gasteiger partial charge in [0.05, 0.1) is 5.56 Å². The van der Waals surface area contributed by atoms with Crippen molar-refractivity contribution in [1.29, 1.82) is 0 Å². The molecule has 10 nitrogen and oxygen atoms in total. The molecule has 1 spiro atoms. The minimum Gasteiger partial charge on any atom is -0.383 e. The number of likely N-dealkylation sites (tertiary alicyclic amines) is 3. The Balaban J connectivity index is 0.000000159. The summed E-state index contributed by atoms with van der Waals surface area (Å²) < 4.78 is 1.94. The van der Waals surface area contributed by atoms with E-state index in [1.807, 2.05) is 62.9 Å². The van der Waals surface area contributed by atoms with Gasteiger partial charge < -0.3 is 20.4 Å². The number of imidazole rings is 1. The molecule has 0 saturated carbocycles. The highest BCUT2D eigenvalue weighted by Gasteiger charge is 2.52. The number of carbonyl (C=O) groups excluding carboxylic acids is 2. The fraction of sp³-hybridized carbons (Fsp3) is 0.323. The smallest absolute Gasteiger partial charge is 0.320 e. The van der Waals surface area contributed by atoms with Crippen LogP contribution in [0.2, 0.25) is 5.15 Å². The number of hydrogen-bond donors (Lipinski definition) is 1. The van der Waals surface area contributed by atoms with Gasteiger partial charge in [-0.3, -0.25) is 9.36 Å². The molecule has 3 fully saturated rings. The van der Waals surface area contributed by atoms with Crippen molar-refractivity contribution in [3.63, 3.8) is 0 Å². The van der Waals surface area contributed by atoms with Crippen LogP contribution >= 0.6 is 11.6 Å². The third-order valence-electron chi connectivity index (χ3n) is 7.57. The molecule has 3 aliphatic heterocycles. The van der Waals surface area contributed by atoms with E-state index in [9.17, 15) is 4.79 Å². The zero-order valence-electron chi connectivity index (χ0n) is 23.7. The number of nitrogens with two attached hydrogens (primary N) is 1. The lowest BCUT2D eigenvalue weighted by atomic mass is 9.73. The van der Waals surface area contributed by atoms with Crippen LogP contribution in [0.5, 0.6) is 0 Å². The summed E-state index contributed by atoms with van der Waals surface area (Å²) in [5.74, 6) is 1.11. The van der Waals surface area contributed by atoms with Crippen molar-refractivity contribution in [3.05, 3.63) is 78.6 Å². The van der Waals surface area contributed by atoms with Gasteiger partial charge in [0.2, 0.25) is 0 Å². The monoisotopic (exact) mass is 586 g/mol. The number of halogens is 1. The van der Waals surface area contributed by atoms with Gasteiger partial charge in [0.25, 0.3) is 0 Å². The Morgan fingerprint density at radius 1 is 0.976 bits per heavy atom. The van der Waals surface area contributed by atoms with E-state index in [2.05, 4.69) is 33.5 Å². The first-order chi connectivity index (χ1) is 20.3. The second-order valence-electron chi connectivity index (χ2n) is 10.9. The van der Waals surface area contributed by atoms with Crippen molar-refractivity contribution >= 4 is 40.9 Å². The molecule has 0 bridgehead atoms. The summed E-state index contributed by atoms with van der Waals surface area (Å²) in [6.45, 7) is 9.40. The Kier molecular flexibility index (Phi) is 8.84. The van der Waals surface area contributed by atoms with E-state index >= 15 is 0 Å². The Labute approximate surface area is 250 Å². The summed E-state index contributed by atoms with van der Waals surface area (Å²) >= 11 is 6.08. The first-order valence-corrected chi connectivity index (χ1v) is 14.3. The van der Waals surface area contributed by atoms with Gasteiger partial charge >= 0.3 is 6.03 Å². The number of hydrogen-bond acceptors (Lipinski definition) is 7. The number of allylic oxidation sites excluding steroid dienone is 1. The maximum Gasteiger partial charge on any atom is 0.320 e. The maximum absolute atomic E-state index is 12.0. The number of urea groups is 1. The van der Waals surface area contributed by atoms with Crippen LogP contribution in [0.25, 0.3) is 28.2 Å². The Morgan fingerprint density at radius 2 is 1.67 bits per heavy atom. The predicted molar refractivity (Wildman–Crippen MR) is 165 cm³/mol. The van der Waals surface area contributed by atoms with Crippen LogP contribution in [0.15, 0.2) is 73.4 Å². The van der Waals surface area contributed by atoms with Gasteiger partial charge in [0, 0.05) is 56.6 Å². The van der Waals surface area contributed by atoms with Crippen molar-refractivity contribution in [1.82, 2.24) is 34.2 Å². The molecule has 2 amide bonds. The summed E-state index contributed by atoms with van der Waals surface area (Å²) in [6.07, 6.45) is 5.87. The number of anilines is 1. The van der Waals surface area contributed by atoms with Gasteiger partial charge in [0.1, 0.15) is 22.8 Å². The lowest BCUT2D eigenvalue weighted by Crippen LogP contribution is -2.72. The van der Waals surface area contributed by atoms with Crippen LogP contribution in [-0.2, 0) is 4.79 Å². The number of nitrogen functional groups attached to an aromatic ring is 1. The molecule has 6 heterocycles. The molecule has 4 aromatic rings. The summed E-state index contributed by atoms with van der Waals surface area (Å²) in [5, 5.41) is 0.417. The Hall–Kier alpha value is -4.28. The Morgan fingerprint density at radius 3 is 2.29 bits per heavy atom. The number of benzene rings is 1. The van der Waals surface area contributed by atoms with Crippen LogP contribution < -0.4 is 5.73 Å². The van der Waals surface area contributed by atoms with Gasteiger partial charge in [-0.2, -0.15) is 0 Å². The molecular weight excluding hydrogens is 552 g/mol.